The number of hydrogen-bond donors (Lipinski definition) is 2. The molecule has 1 rings (SSSR count). The molecule has 3 heteroatoms. The molecule has 4 N–H and O–H groups in total. The van der Waals surface area contributed by atoms with E-state index in [1.54, 1.807) is 0 Å². The second-order valence-corrected chi connectivity index (χ2v) is 3.59. The summed E-state index contributed by atoms with van der Waals surface area (Å²) < 4.78 is 0. The average Bonchev–Trinajstić information content (AvgIpc) is 2.18. The molecule has 0 spiro atoms. The lowest BCUT2D eigenvalue weighted by atomic mass is 10.0. The molecule has 0 amide bonds. The molecule has 0 aliphatic carbocycles. The Morgan fingerprint density at radius 3 is 2.79 bits per heavy atom. The van der Waals surface area contributed by atoms with E-state index in [0.29, 0.717) is 6.54 Å². The Morgan fingerprint density at radius 1 is 1.50 bits per heavy atom. The largest absolute Gasteiger partial charge is 0.377 e. The second-order valence-electron chi connectivity index (χ2n) is 3.59. The van der Waals surface area contributed by atoms with Gasteiger partial charge in [-0.1, -0.05) is 12.1 Å². The highest BCUT2D eigenvalue weighted by Crippen LogP contribution is 2.18. The number of nitrogens with two attached hydrogens (primary N) is 2. The molecule has 1 aromatic rings. The first kappa shape index (κ1) is 11.0. The molecule has 0 bridgehead atoms. The first-order valence-electron chi connectivity index (χ1n) is 4.79. The second kappa shape index (κ2) is 4.98. The molecule has 3 nitrogen and oxygen atoms in total. The van der Waals surface area contributed by atoms with Gasteiger partial charge in [-0.3, -0.25) is 0 Å². The third kappa shape index (κ3) is 2.72. The van der Waals surface area contributed by atoms with E-state index in [1.807, 2.05) is 31.1 Å². The Kier molecular flexibility index (Phi) is 3.92. The minimum Gasteiger partial charge on any atom is -0.377 e. The van der Waals surface area contributed by atoms with Crippen LogP contribution in [0.2, 0.25) is 0 Å². The molecule has 1 atom stereocenters. The molecule has 0 aliphatic heterocycles. The van der Waals surface area contributed by atoms with Crippen molar-refractivity contribution in [3.8, 4) is 0 Å². The SMILES string of the molecule is CN(C)c1[c]ccc(C(N)CCN)c1. The summed E-state index contributed by atoms with van der Waals surface area (Å²) in [5, 5.41) is 0. The molecule has 0 saturated carbocycles. The smallest absolute Gasteiger partial charge is 0.0444 e. The Bertz CT molecular complexity index is 284. The van der Waals surface area contributed by atoms with Gasteiger partial charge in [0.05, 0.1) is 0 Å². The monoisotopic (exact) mass is 192 g/mol. The van der Waals surface area contributed by atoms with Crippen molar-refractivity contribution in [2.45, 2.75) is 12.5 Å². The zero-order valence-electron chi connectivity index (χ0n) is 8.83. The van der Waals surface area contributed by atoms with Crippen molar-refractivity contribution in [2.75, 3.05) is 25.5 Å². The summed E-state index contributed by atoms with van der Waals surface area (Å²) in [6, 6.07) is 9.13. The van der Waals surface area contributed by atoms with Crippen LogP contribution in [0.5, 0.6) is 0 Å². The standard InChI is InChI=1S/C11H18N3/c1-14(2)10-5-3-4-9(8-10)11(13)6-7-12/h3-4,8,11H,6-7,12-13H2,1-2H3. The van der Waals surface area contributed by atoms with Crippen LogP contribution < -0.4 is 16.4 Å². The maximum absolute atomic E-state index is 5.96. The summed E-state index contributed by atoms with van der Waals surface area (Å²) in [5.74, 6) is 0. The van der Waals surface area contributed by atoms with E-state index < -0.39 is 0 Å². The minimum atomic E-state index is 0.0355. The lowest BCUT2D eigenvalue weighted by molar-refractivity contribution is 0.661. The van der Waals surface area contributed by atoms with Crippen molar-refractivity contribution in [3.05, 3.63) is 29.8 Å². The third-order valence-corrected chi connectivity index (χ3v) is 2.20. The van der Waals surface area contributed by atoms with Gasteiger partial charge in [0.1, 0.15) is 0 Å². The van der Waals surface area contributed by atoms with Crippen molar-refractivity contribution in [1.82, 2.24) is 0 Å². The Hall–Kier alpha value is -1.06. The third-order valence-electron chi connectivity index (χ3n) is 2.20. The van der Waals surface area contributed by atoms with Crippen LogP contribution in [0.15, 0.2) is 18.2 Å². The molecule has 0 heterocycles. The molecular weight excluding hydrogens is 174 g/mol. The van der Waals surface area contributed by atoms with Crippen LogP contribution in [-0.2, 0) is 0 Å². The van der Waals surface area contributed by atoms with E-state index in [0.717, 1.165) is 17.7 Å². The van der Waals surface area contributed by atoms with Gasteiger partial charge < -0.3 is 16.4 Å². The fraction of sp³-hybridized carbons (Fsp3) is 0.455. The van der Waals surface area contributed by atoms with Gasteiger partial charge in [-0.25, -0.2) is 0 Å². The van der Waals surface area contributed by atoms with E-state index in [1.165, 1.54) is 0 Å². The normalized spacial score (nSPS) is 12.6. The number of anilines is 1. The Morgan fingerprint density at radius 2 is 2.21 bits per heavy atom. The van der Waals surface area contributed by atoms with Gasteiger partial charge >= 0.3 is 0 Å². The molecular formula is C11H18N3. The van der Waals surface area contributed by atoms with Crippen molar-refractivity contribution in [2.24, 2.45) is 11.5 Å². The summed E-state index contributed by atoms with van der Waals surface area (Å²) in [5.41, 5.74) is 13.6. The fourth-order valence-electron chi connectivity index (χ4n) is 1.31. The first-order valence-corrected chi connectivity index (χ1v) is 4.79. The lowest BCUT2D eigenvalue weighted by Crippen LogP contribution is -2.16. The van der Waals surface area contributed by atoms with Crippen molar-refractivity contribution >= 4 is 5.69 Å². The first-order chi connectivity index (χ1) is 6.65. The molecule has 0 fully saturated rings. The highest BCUT2D eigenvalue weighted by molar-refractivity contribution is 5.46. The average molecular weight is 192 g/mol. The number of hydrogen-bond acceptors (Lipinski definition) is 3. The Labute approximate surface area is 85.7 Å². The topological polar surface area (TPSA) is 55.3 Å². The molecule has 1 aromatic carbocycles. The van der Waals surface area contributed by atoms with Crippen molar-refractivity contribution in [3.63, 3.8) is 0 Å². The summed E-state index contributed by atoms with van der Waals surface area (Å²) in [4.78, 5) is 2.01. The summed E-state index contributed by atoms with van der Waals surface area (Å²) in [6.45, 7) is 0.622. The van der Waals surface area contributed by atoms with Crippen LogP contribution >= 0.6 is 0 Å². The van der Waals surface area contributed by atoms with E-state index in [9.17, 15) is 0 Å². The molecule has 77 valence electrons. The van der Waals surface area contributed by atoms with E-state index >= 15 is 0 Å². The molecule has 1 unspecified atom stereocenters. The molecule has 1 radical (unpaired) electrons. The lowest BCUT2D eigenvalue weighted by Gasteiger charge is -2.16. The molecule has 14 heavy (non-hydrogen) atoms. The van der Waals surface area contributed by atoms with Gasteiger partial charge in [0, 0.05) is 31.9 Å². The maximum atomic E-state index is 5.96. The van der Waals surface area contributed by atoms with Gasteiger partial charge in [-0.2, -0.15) is 0 Å². The van der Waals surface area contributed by atoms with Gasteiger partial charge in [0.25, 0.3) is 0 Å². The molecule has 0 aliphatic rings. The van der Waals surface area contributed by atoms with Gasteiger partial charge in [0.2, 0.25) is 0 Å². The highest BCUT2D eigenvalue weighted by Gasteiger charge is 2.05. The molecule has 0 saturated heterocycles. The van der Waals surface area contributed by atoms with Crippen LogP contribution in [0.4, 0.5) is 5.69 Å². The number of nitrogens with zero attached hydrogens (tertiary/aromatic N) is 1. The van der Waals surface area contributed by atoms with Crippen LogP contribution in [0.3, 0.4) is 0 Å². The summed E-state index contributed by atoms with van der Waals surface area (Å²) in [6.07, 6.45) is 0.816. The zero-order chi connectivity index (χ0) is 10.6. The highest BCUT2D eigenvalue weighted by atomic mass is 15.1. The zero-order valence-corrected chi connectivity index (χ0v) is 8.83. The summed E-state index contributed by atoms with van der Waals surface area (Å²) in [7, 11) is 3.98. The van der Waals surface area contributed by atoms with Crippen LogP contribution in [-0.4, -0.2) is 20.6 Å². The van der Waals surface area contributed by atoms with Gasteiger partial charge in [0.15, 0.2) is 0 Å². The van der Waals surface area contributed by atoms with Crippen LogP contribution in [0, 0.1) is 6.07 Å². The maximum Gasteiger partial charge on any atom is 0.0444 e. The minimum absolute atomic E-state index is 0.0355. The van der Waals surface area contributed by atoms with Crippen LogP contribution in [0.1, 0.15) is 18.0 Å². The predicted octanol–water partition coefficient (Wildman–Crippen LogP) is 0.901. The number of rotatable bonds is 4. The van der Waals surface area contributed by atoms with E-state index in [4.69, 9.17) is 11.5 Å². The van der Waals surface area contributed by atoms with Crippen LogP contribution in [0.25, 0.3) is 0 Å². The van der Waals surface area contributed by atoms with Crippen molar-refractivity contribution < 1.29 is 0 Å². The summed E-state index contributed by atoms with van der Waals surface area (Å²) >= 11 is 0. The van der Waals surface area contributed by atoms with E-state index in [-0.39, 0.29) is 6.04 Å². The van der Waals surface area contributed by atoms with Gasteiger partial charge in [-0.15, -0.1) is 0 Å². The predicted molar refractivity (Wildman–Crippen MR) is 60.2 cm³/mol. The quantitative estimate of drug-likeness (QED) is 0.745. The fourth-order valence-corrected chi connectivity index (χ4v) is 1.31. The van der Waals surface area contributed by atoms with Gasteiger partial charge in [-0.05, 0) is 24.6 Å². The molecule has 0 aromatic heterocycles. The van der Waals surface area contributed by atoms with Crippen molar-refractivity contribution in [1.29, 1.82) is 0 Å². The number of benzene rings is 1. The van der Waals surface area contributed by atoms with E-state index in [2.05, 4.69) is 12.1 Å². The Balaban J connectivity index is 2.82.